The first kappa shape index (κ1) is 26.3. The van der Waals surface area contributed by atoms with E-state index in [0.29, 0.717) is 19.5 Å². The molecule has 0 heterocycles. The molecule has 3 aromatic rings. The number of aliphatic hydroxyl groups is 1. The fourth-order valence-corrected chi connectivity index (χ4v) is 3.71. The number of anilines is 1. The molecule has 0 fully saturated rings. The molecule has 0 bridgehead atoms. The van der Waals surface area contributed by atoms with Crippen LogP contribution in [0.3, 0.4) is 0 Å². The zero-order chi connectivity index (χ0) is 25.1. The summed E-state index contributed by atoms with van der Waals surface area (Å²) in [5, 5.41) is 20.5. The molecule has 186 valence electrons. The van der Waals surface area contributed by atoms with Gasteiger partial charge in [0.05, 0.1) is 12.1 Å². The summed E-state index contributed by atoms with van der Waals surface area (Å²) in [6, 6.07) is 27.8. The highest BCUT2D eigenvalue weighted by Gasteiger charge is 2.24. The molecule has 0 radical (unpaired) electrons. The van der Waals surface area contributed by atoms with Crippen LogP contribution < -0.4 is 16.0 Å². The minimum absolute atomic E-state index is 0.328. The van der Waals surface area contributed by atoms with Crippen molar-refractivity contribution in [2.75, 3.05) is 11.9 Å². The van der Waals surface area contributed by atoms with Gasteiger partial charge in [0, 0.05) is 25.3 Å². The summed E-state index contributed by atoms with van der Waals surface area (Å²) in [7, 11) is 0. The highest BCUT2D eigenvalue weighted by molar-refractivity contribution is 5.68. The van der Waals surface area contributed by atoms with Crippen LogP contribution in [0, 0.1) is 0 Å². The lowest BCUT2D eigenvalue weighted by atomic mass is 10.0. The number of amides is 1. The van der Waals surface area contributed by atoms with Crippen molar-refractivity contribution in [3.05, 3.63) is 102 Å². The van der Waals surface area contributed by atoms with Gasteiger partial charge >= 0.3 is 6.09 Å². The Kier molecular flexibility index (Phi) is 9.70. The summed E-state index contributed by atoms with van der Waals surface area (Å²) in [6.07, 6.45) is -0.821. The number of benzene rings is 3. The van der Waals surface area contributed by atoms with Gasteiger partial charge in [-0.25, -0.2) is 4.79 Å². The van der Waals surface area contributed by atoms with Gasteiger partial charge in [-0.3, -0.25) is 0 Å². The molecule has 3 aromatic carbocycles. The van der Waals surface area contributed by atoms with Crippen molar-refractivity contribution >= 4 is 11.8 Å². The lowest BCUT2D eigenvalue weighted by Gasteiger charge is -2.27. The zero-order valence-corrected chi connectivity index (χ0v) is 20.8. The Morgan fingerprint density at radius 2 is 1.49 bits per heavy atom. The molecule has 6 heteroatoms. The zero-order valence-electron chi connectivity index (χ0n) is 20.8. The molecular formula is C29H37N3O3. The van der Waals surface area contributed by atoms with Gasteiger partial charge in [-0.05, 0) is 56.0 Å². The minimum atomic E-state index is -0.790. The molecule has 4 N–H and O–H groups in total. The number of aliphatic hydroxyl groups excluding tert-OH is 1. The molecule has 0 aliphatic heterocycles. The van der Waals surface area contributed by atoms with Crippen molar-refractivity contribution < 1.29 is 14.6 Å². The monoisotopic (exact) mass is 475 g/mol. The lowest BCUT2D eigenvalue weighted by molar-refractivity contribution is 0.0422. The number of nitrogens with one attached hydrogen (secondary N) is 3. The Morgan fingerprint density at radius 3 is 2.14 bits per heavy atom. The van der Waals surface area contributed by atoms with E-state index in [1.54, 1.807) is 0 Å². The Morgan fingerprint density at radius 1 is 0.857 bits per heavy atom. The summed E-state index contributed by atoms with van der Waals surface area (Å²) in [6.45, 7) is 7.14. The molecule has 35 heavy (non-hydrogen) atoms. The number of hydrogen-bond donors (Lipinski definition) is 4. The van der Waals surface area contributed by atoms with Crippen LogP contribution in [0.4, 0.5) is 10.5 Å². The molecule has 0 saturated carbocycles. The Balaban J connectivity index is 1.54. The molecule has 6 nitrogen and oxygen atoms in total. The van der Waals surface area contributed by atoms with E-state index >= 15 is 0 Å². The molecule has 0 aliphatic rings. The lowest BCUT2D eigenvalue weighted by Crippen LogP contribution is -2.49. The second-order valence-electron chi connectivity index (χ2n) is 9.68. The van der Waals surface area contributed by atoms with Crippen LogP contribution in [0.15, 0.2) is 84.9 Å². The summed E-state index contributed by atoms with van der Waals surface area (Å²) in [5.74, 6) is 0. The second-order valence-corrected chi connectivity index (χ2v) is 9.68. The van der Waals surface area contributed by atoms with Crippen molar-refractivity contribution in [1.82, 2.24) is 10.6 Å². The van der Waals surface area contributed by atoms with Gasteiger partial charge in [0.15, 0.2) is 0 Å². The molecule has 0 aliphatic carbocycles. The molecule has 0 saturated heterocycles. The van der Waals surface area contributed by atoms with Crippen LogP contribution in [-0.4, -0.2) is 35.5 Å². The van der Waals surface area contributed by atoms with Gasteiger partial charge < -0.3 is 25.8 Å². The van der Waals surface area contributed by atoms with Crippen molar-refractivity contribution in [2.45, 2.75) is 58.0 Å². The number of ether oxygens (including phenoxy) is 1. The topological polar surface area (TPSA) is 82.6 Å². The predicted molar refractivity (Wildman–Crippen MR) is 141 cm³/mol. The highest BCUT2D eigenvalue weighted by Crippen LogP contribution is 2.13. The average molecular weight is 476 g/mol. The number of alkyl carbamates (subject to hydrolysis) is 1. The molecule has 3 rings (SSSR count). The summed E-state index contributed by atoms with van der Waals surface area (Å²) < 4.78 is 5.41. The van der Waals surface area contributed by atoms with E-state index in [-0.39, 0.29) is 0 Å². The molecule has 1 amide bonds. The first-order valence-electron chi connectivity index (χ1n) is 12.1. The van der Waals surface area contributed by atoms with Crippen molar-refractivity contribution in [3.63, 3.8) is 0 Å². The molecule has 0 aromatic heterocycles. The van der Waals surface area contributed by atoms with Gasteiger partial charge in [-0.15, -0.1) is 0 Å². The Bertz CT molecular complexity index is 1040. The van der Waals surface area contributed by atoms with Crippen LogP contribution >= 0.6 is 0 Å². The van der Waals surface area contributed by atoms with E-state index in [0.717, 1.165) is 23.4 Å². The van der Waals surface area contributed by atoms with E-state index in [2.05, 4.69) is 34.1 Å². The smallest absolute Gasteiger partial charge is 0.407 e. The van der Waals surface area contributed by atoms with E-state index in [4.69, 9.17) is 4.74 Å². The maximum Gasteiger partial charge on any atom is 0.407 e. The normalized spacial score (nSPS) is 13.0. The average Bonchev–Trinajstić information content (AvgIpc) is 2.83. The van der Waals surface area contributed by atoms with E-state index < -0.39 is 23.8 Å². The predicted octanol–water partition coefficient (Wildman–Crippen LogP) is 4.89. The summed E-state index contributed by atoms with van der Waals surface area (Å²) >= 11 is 0. The van der Waals surface area contributed by atoms with E-state index in [1.165, 1.54) is 5.56 Å². The third-order valence-corrected chi connectivity index (χ3v) is 5.41. The number of carbonyl (C=O) groups is 1. The standard InChI is InChI=1S/C29H37N3O3/c1-29(2,3)35-28(34)32-26(18-22-11-6-4-7-12-22)27(33)21-30-19-24-15-10-16-25(17-24)31-20-23-13-8-5-9-14-23/h4-17,26-27,30-31,33H,18-21H2,1-3H3,(H,32,34). The SMILES string of the molecule is CC(C)(C)OC(=O)NC(Cc1ccccc1)C(O)CNCc1cccc(NCc2ccccc2)c1. The van der Waals surface area contributed by atoms with Crippen LogP contribution in [0.2, 0.25) is 0 Å². The van der Waals surface area contributed by atoms with Gasteiger partial charge in [-0.2, -0.15) is 0 Å². The van der Waals surface area contributed by atoms with Crippen molar-refractivity contribution in [2.24, 2.45) is 0 Å². The third kappa shape index (κ3) is 9.81. The van der Waals surface area contributed by atoms with Crippen molar-refractivity contribution in [1.29, 1.82) is 0 Å². The largest absolute Gasteiger partial charge is 0.444 e. The van der Waals surface area contributed by atoms with Gasteiger partial charge in [0.25, 0.3) is 0 Å². The summed E-state index contributed by atoms with van der Waals surface area (Å²) in [5.41, 5.74) is 3.80. The fraction of sp³-hybridized carbons (Fsp3) is 0.345. The second kappa shape index (κ2) is 12.9. The van der Waals surface area contributed by atoms with Crippen LogP contribution in [-0.2, 0) is 24.2 Å². The maximum absolute atomic E-state index is 12.4. The highest BCUT2D eigenvalue weighted by atomic mass is 16.6. The van der Waals surface area contributed by atoms with Crippen LogP contribution in [0.5, 0.6) is 0 Å². The third-order valence-electron chi connectivity index (χ3n) is 5.41. The summed E-state index contributed by atoms with van der Waals surface area (Å²) in [4.78, 5) is 12.4. The number of hydrogen-bond acceptors (Lipinski definition) is 5. The van der Waals surface area contributed by atoms with Gasteiger partial charge in [0.1, 0.15) is 5.60 Å². The van der Waals surface area contributed by atoms with Gasteiger partial charge in [-0.1, -0.05) is 72.8 Å². The van der Waals surface area contributed by atoms with E-state index in [9.17, 15) is 9.90 Å². The molecular weight excluding hydrogens is 438 g/mol. The Hall–Kier alpha value is -3.35. The molecule has 2 unspecified atom stereocenters. The Labute approximate surface area is 208 Å². The number of rotatable bonds is 11. The van der Waals surface area contributed by atoms with Crippen LogP contribution in [0.25, 0.3) is 0 Å². The first-order valence-corrected chi connectivity index (χ1v) is 12.1. The first-order chi connectivity index (χ1) is 16.8. The molecule has 0 spiro atoms. The van der Waals surface area contributed by atoms with Crippen molar-refractivity contribution in [3.8, 4) is 0 Å². The number of carbonyl (C=O) groups excluding carboxylic acids is 1. The van der Waals surface area contributed by atoms with Crippen LogP contribution in [0.1, 0.15) is 37.5 Å². The molecule has 2 atom stereocenters. The van der Waals surface area contributed by atoms with Gasteiger partial charge in [0.2, 0.25) is 0 Å². The maximum atomic E-state index is 12.4. The fourth-order valence-electron chi connectivity index (χ4n) is 3.71. The quantitative estimate of drug-likeness (QED) is 0.318. The van der Waals surface area contributed by atoms with E-state index in [1.807, 2.05) is 87.5 Å². The minimum Gasteiger partial charge on any atom is -0.444 e.